The second-order valence-corrected chi connectivity index (χ2v) is 6.85. The van der Waals surface area contributed by atoms with Crippen LogP contribution in [0.25, 0.3) is 0 Å². The van der Waals surface area contributed by atoms with Crippen molar-refractivity contribution < 1.29 is 19.4 Å². The zero-order valence-electron chi connectivity index (χ0n) is 15.8. The number of para-hydroxylation sites is 1. The molecule has 1 N–H and O–H groups in total. The van der Waals surface area contributed by atoms with E-state index in [9.17, 15) is 4.79 Å². The quantitative estimate of drug-likeness (QED) is 0.725. The lowest BCUT2D eigenvalue weighted by Gasteiger charge is -2.32. The first-order chi connectivity index (χ1) is 13.2. The van der Waals surface area contributed by atoms with Gasteiger partial charge < -0.3 is 14.6 Å². The van der Waals surface area contributed by atoms with Crippen molar-refractivity contribution in [3.05, 3.63) is 59.7 Å². The molecular weight excluding hydrogens is 342 g/mol. The SMILES string of the molecule is COc1ccccc1C(=O)C1CCCN(Cc2ccc(OCCO)cc2)C1. The van der Waals surface area contributed by atoms with E-state index in [-0.39, 0.29) is 18.3 Å². The van der Waals surface area contributed by atoms with Crippen molar-refractivity contribution in [3.63, 3.8) is 0 Å². The molecule has 1 atom stereocenters. The van der Waals surface area contributed by atoms with Gasteiger partial charge in [-0.2, -0.15) is 0 Å². The zero-order chi connectivity index (χ0) is 19.1. The molecular formula is C22H27NO4. The van der Waals surface area contributed by atoms with Crippen LogP contribution in [0.5, 0.6) is 11.5 Å². The summed E-state index contributed by atoms with van der Waals surface area (Å²) in [7, 11) is 1.60. The van der Waals surface area contributed by atoms with Gasteiger partial charge in [-0.15, -0.1) is 0 Å². The predicted octanol–water partition coefficient (Wildman–Crippen LogP) is 3.16. The first-order valence-electron chi connectivity index (χ1n) is 9.43. The average molecular weight is 369 g/mol. The Labute approximate surface area is 160 Å². The van der Waals surface area contributed by atoms with Crippen LogP contribution in [0.4, 0.5) is 0 Å². The topological polar surface area (TPSA) is 59.0 Å². The standard InChI is InChI=1S/C22H27NO4/c1-26-21-7-3-2-6-20(21)22(25)18-5-4-12-23(16-18)15-17-8-10-19(11-9-17)27-14-13-24/h2-3,6-11,18,24H,4-5,12-16H2,1H3. The molecule has 2 aromatic carbocycles. The fraction of sp³-hybridized carbons (Fsp3) is 0.409. The molecule has 0 aliphatic carbocycles. The molecule has 1 heterocycles. The molecule has 144 valence electrons. The van der Waals surface area contributed by atoms with Gasteiger partial charge in [0.25, 0.3) is 0 Å². The van der Waals surface area contributed by atoms with E-state index in [2.05, 4.69) is 4.90 Å². The first kappa shape index (κ1) is 19.4. The summed E-state index contributed by atoms with van der Waals surface area (Å²) in [4.78, 5) is 15.3. The van der Waals surface area contributed by atoms with Crippen molar-refractivity contribution in [1.29, 1.82) is 0 Å². The summed E-state index contributed by atoms with van der Waals surface area (Å²) in [5, 5.41) is 8.82. The van der Waals surface area contributed by atoms with Crippen LogP contribution < -0.4 is 9.47 Å². The fourth-order valence-electron chi connectivity index (χ4n) is 3.59. The maximum Gasteiger partial charge on any atom is 0.170 e. The highest BCUT2D eigenvalue weighted by atomic mass is 16.5. The number of methoxy groups -OCH3 is 1. The summed E-state index contributed by atoms with van der Waals surface area (Å²) in [5.74, 6) is 1.58. The van der Waals surface area contributed by atoms with Gasteiger partial charge in [0.05, 0.1) is 19.3 Å². The number of aliphatic hydroxyl groups is 1. The first-order valence-corrected chi connectivity index (χ1v) is 9.43. The molecule has 27 heavy (non-hydrogen) atoms. The third-order valence-electron chi connectivity index (χ3n) is 4.94. The Hall–Kier alpha value is -2.37. The highest BCUT2D eigenvalue weighted by Gasteiger charge is 2.28. The third kappa shape index (κ3) is 5.08. The molecule has 1 fully saturated rings. The Morgan fingerprint density at radius 2 is 1.96 bits per heavy atom. The van der Waals surface area contributed by atoms with E-state index in [0.29, 0.717) is 17.9 Å². The lowest BCUT2D eigenvalue weighted by atomic mass is 9.89. The zero-order valence-corrected chi connectivity index (χ0v) is 15.8. The molecule has 2 aromatic rings. The van der Waals surface area contributed by atoms with Crippen molar-refractivity contribution in [2.24, 2.45) is 5.92 Å². The van der Waals surface area contributed by atoms with E-state index < -0.39 is 0 Å². The number of rotatable bonds is 8. The lowest BCUT2D eigenvalue weighted by molar-refractivity contribution is 0.0808. The Morgan fingerprint density at radius 3 is 2.70 bits per heavy atom. The lowest BCUT2D eigenvalue weighted by Crippen LogP contribution is -2.38. The highest BCUT2D eigenvalue weighted by Crippen LogP contribution is 2.27. The molecule has 5 heteroatoms. The number of piperidine rings is 1. The Kier molecular flexibility index (Phi) is 6.85. The van der Waals surface area contributed by atoms with Gasteiger partial charge in [0.1, 0.15) is 18.1 Å². The molecule has 0 amide bonds. The normalized spacial score (nSPS) is 17.5. The van der Waals surface area contributed by atoms with Crippen LogP contribution in [-0.4, -0.2) is 49.2 Å². The van der Waals surface area contributed by atoms with E-state index in [1.165, 1.54) is 5.56 Å². The smallest absolute Gasteiger partial charge is 0.170 e. The van der Waals surface area contributed by atoms with Gasteiger partial charge in [0.2, 0.25) is 0 Å². The van der Waals surface area contributed by atoms with E-state index in [1.807, 2.05) is 48.5 Å². The second kappa shape index (κ2) is 9.53. The van der Waals surface area contributed by atoms with E-state index >= 15 is 0 Å². The van der Waals surface area contributed by atoms with Crippen molar-refractivity contribution in [1.82, 2.24) is 4.90 Å². The largest absolute Gasteiger partial charge is 0.496 e. The van der Waals surface area contributed by atoms with Crippen molar-refractivity contribution >= 4 is 5.78 Å². The number of ether oxygens (including phenoxy) is 2. The van der Waals surface area contributed by atoms with Crippen LogP contribution in [0.3, 0.4) is 0 Å². The van der Waals surface area contributed by atoms with Crippen LogP contribution in [0.1, 0.15) is 28.8 Å². The number of ketones is 1. The minimum Gasteiger partial charge on any atom is -0.496 e. The van der Waals surface area contributed by atoms with Crippen LogP contribution in [0.2, 0.25) is 0 Å². The second-order valence-electron chi connectivity index (χ2n) is 6.85. The van der Waals surface area contributed by atoms with E-state index in [1.54, 1.807) is 7.11 Å². The summed E-state index contributed by atoms with van der Waals surface area (Å²) in [6.07, 6.45) is 1.94. The van der Waals surface area contributed by atoms with Gasteiger partial charge in [-0.1, -0.05) is 24.3 Å². The molecule has 0 radical (unpaired) electrons. The summed E-state index contributed by atoms with van der Waals surface area (Å²) in [5.41, 5.74) is 1.87. The van der Waals surface area contributed by atoms with Gasteiger partial charge >= 0.3 is 0 Å². The minimum absolute atomic E-state index is 0.00205. The number of hydrogen-bond donors (Lipinski definition) is 1. The molecule has 1 unspecified atom stereocenters. The van der Waals surface area contributed by atoms with Crippen molar-refractivity contribution in [2.45, 2.75) is 19.4 Å². The Bertz CT molecular complexity index is 744. The number of aliphatic hydroxyl groups excluding tert-OH is 1. The molecule has 1 aliphatic heterocycles. The summed E-state index contributed by atoms with van der Waals surface area (Å²) in [6.45, 7) is 2.89. The van der Waals surface area contributed by atoms with Gasteiger partial charge in [-0.25, -0.2) is 0 Å². The van der Waals surface area contributed by atoms with Crippen LogP contribution in [-0.2, 0) is 6.54 Å². The number of carbonyl (C=O) groups is 1. The molecule has 3 rings (SSSR count). The molecule has 1 saturated heterocycles. The van der Waals surface area contributed by atoms with E-state index in [4.69, 9.17) is 14.6 Å². The van der Waals surface area contributed by atoms with Crippen molar-refractivity contribution in [2.75, 3.05) is 33.4 Å². The average Bonchev–Trinajstić information content (AvgIpc) is 2.73. The molecule has 0 spiro atoms. The number of hydrogen-bond acceptors (Lipinski definition) is 5. The number of benzene rings is 2. The van der Waals surface area contributed by atoms with Crippen LogP contribution in [0, 0.1) is 5.92 Å². The summed E-state index contributed by atoms with van der Waals surface area (Å²) in [6, 6.07) is 15.4. The van der Waals surface area contributed by atoms with Crippen LogP contribution in [0.15, 0.2) is 48.5 Å². The Balaban J connectivity index is 1.61. The third-order valence-corrected chi connectivity index (χ3v) is 4.94. The number of nitrogens with zero attached hydrogens (tertiary/aromatic N) is 1. The molecule has 5 nitrogen and oxygen atoms in total. The fourth-order valence-corrected chi connectivity index (χ4v) is 3.59. The van der Waals surface area contributed by atoms with Gasteiger partial charge in [-0.3, -0.25) is 9.69 Å². The summed E-state index contributed by atoms with van der Waals surface area (Å²) >= 11 is 0. The molecule has 0 bridgehead atoms. The van der Waals surface area contributed by atoms with Gasteiger partial charge in [-0.05, 0) is 49.2 Å². The molecule has 1 aliphatic rings. The maximum absolute atomic E-state index is 13.0. The highest BCUT2D eigenvalue weighted by molar-refractivity contribution is 6.00. The molecule has 0 aromatic heterocycles. The van der Waals surface area contributed by atoms with Gasteiger partial charge in [0.15, 0.2) is 5.78 Å². The maximum atomic E-state index is 13.0. The summed E-state index contributed by atoms with van der Waals surface area (Å²) < 4.78 is 10.8. The number of likely N-dealkylation sites (tertiary alicyclic amines) is 1. The monoisotopic (exact) mass is 369 g/mol. The predicted molar refractivity (Wildman–Crippen MR) is 104 cm³/mol. The molecule has 0 saturated carbocycles. The van der Waals surface area contributed by atoms with E-state index in [0.717, 1.165) is 38.2 Å². The van der Waals surface area contributed by atoms with Crippen LogP contribution >= 0.6 is 0 Å². The minimum atomic E-state index is 0.00205. The Morgan fingerprint density at radius 1 is 1.19 bits per heavy atom. The van der Waals surface area contributed by atoms with Crippen molar-refractivity contribution in [3.8, 4) is 11.5 Å². The van der Waals surface area contributed by atoms with Gasteiger partial charge in [0, 0.05) is 19.0 Å². The number of Topliss-reactive ketones (excluding diaryl/α,β-unsaturated/α-hetero) is 1. The number of carbonyl (C=O) groups excluding carboxylic acids is 1.